The summed E-state index contributed by atoms with van der Waals surface area (Å²) in [7, 11) is 0. The molecule has 1 aromatic rings. The van der Waals surface area contributed by atoms with Gasteiger partial charge in [0, 0.05) is 24.2 Å². The second-order valence-electron chi connectivity index (χ2n) is 7.29. The lowest BCUT2D eigenvalue weighted by atomic mass is 9.96. The first-order chi connectivity index (χ1) is 12.6. The van der Waals surface area contributed by atoms with Crippen LogP contribution in [0.4, 0.5) is 0 Å². The van der Waals surface area contributed by atoms with Crippen LogP contribution in [0.1, 0.15) is 30.9 Å². The number of carbonyl (C=O) groups excluding carboxylic acids is 2. The lowest BCUT2D eigenvalue weighted by Crippen LogP contribution is -2.65. The van der Waals surface area contributed by atoms with Crippen LogP contribution < -0.4 is 5.32 Å². The molecule has 7 heteroatoms. The Labute approximate surface area is 158 Å². The SMILES string of the molecule is O=C1CO[C@H](C(=O)N2CC(N3CCCCC3)C2)[C@@H](c2ccccc2Cl)N1. The third-order valence-corrected chi connectivity index (χ3v) is 5.92. The van der Waals surface area contributed by atoms with Crippen LogP contribution in [0.5, 0.6) is 0 Å². The van der Waals surface area contributed by atoms with E-state index >= 15 is 0 Å². The van der Waals surface area contributed by atoms with E-state index in [-0.39, 0.29) is 18.4 Å². The normalized spacial score (nSPS) is 27.7. The predicted molar refractivity (Wildman–Crippen MR) is 97.9 cm³/mol. The van der Waals surface area contributed by atoms with Crippen molar-refractivity contribution in [2.24, 2.45) is 0 Å². The van der Waals surface area contributed by atoms with E-state index < -0.39 is 12.1 Å². The summed E-state index contributed by atoms with van der Waals surface area (Å²) in [4.78, 5) is 29.2. The van der Waals surface area contributed by atoms with Gasteiger partial charge in [0.15, 0.2) is 6.10 Å². The van der Waals surface area contributed by atoms with E-state index in [1.54, 1.807) is 6.07 Å². The second kappa shape index (κ2) is 7.55. The molecule has 140 valence electrons. The molecule has 6 nitrogen and oxygen atoms in total. The van der Waals surface area contributed by atoms with Gasteiger partial charge < -0.3 is 15.0 Å². The van der Waals surface area contributed by atoms with Gasteiger partial charge in [0.2, 0.25) is 5.91 Å². The quantitative estimate of drug-likeness (QED) is 0.869. The molecule has 0 aromatic heterocycles. The summed E-state index contributed by atoms with van der Waals surface area (Å²) in [5.74, 6) is -0.294. The molecule has 3 heterocycles. The molecule has 1 N–H and O–H groups in total. The fourth-order valence-corrected chi connectivity index (χ4v) is 4.32. The summed E-state index contributed by atoms with van der Waals surface area (Å²) in [5.41, 5.74) is 0.716. The van der Waals surface area contributed by atoms with Crippen LogP contribution in [0.2, 0.25) is 5.02 Å². The minimum absolute atomic E-state index is 0.0665. The number of carbonyl (C=O) groups is 2. The number of ether oxygens (including phenoxy) is 1. The maximum absolute atomic E-state index is 13.0. The van der Waals surface area contributed by atoms with Crippen LogP contribution in [0, 0.1) is 0 Å². The molecule has 2 amide bonds. The fourth-order valence-electron chi connectivity index (χ4n) is 4.06. The van der Waals surface area contributed by atoms with Crippen LogP contribution in [-0.2, 0) is 14.3 Å². The third-order valence-electron chi connectivity index (χ3n) is 5.58. The van der Waals surface area contributed by atoms with Crippen molar-refractivity contribution in [3.05, 3.63) is 34.9 Å². The number of amides is 2. The number of morpholine rings is 1. The van der Waals surface area contributed by atoms with E-state index in [4.69, 9.17) is 16.3 Å². The van der Waals surface area contributed by atoms with Crippen LogP contribution in [-0.4, -0.2) is 66.5 Å². The zero-order valence-electron chi connectivity index (χ0n) is 14.7. The Bertz CT molecular complexity index is 686. The molecule has 0 unspecified atom stereocenters. The fraction of sp³-hybridized carbons (Fsp3) is 0.579. The van der Waals surface area contributed by atoms with Gasteiger partial charge in [-0.3, -0.25) is 14.5 Å². The molecule has 2 atom stereocenters. The smallest absolute Gasteiger partial charge is 0.254 e. The van der Waals surface area contributed by atoms with Crippen molar-refractivity contribution >= 4 is 23.4 Å². The number of halogens is 1. The Morgan fingerprint density at radius 1 is 1.15 bits per heavy atom. The number of hydrogen-bond donors (Lipinski definition) is 1. The van der Waals surface area contributed by atoms with Gasteiger partial charge in [0.1, 0.15) is 6.61 Å². The van der Waals surface area contributed by atoms with Crippen molar-refractivity contribution in [1.29, 1.82) is 0 Å². The highest BCUT2D eigenvalue weighted by Gasteiger charge is 2.43. The van der Waals surface area contributed by atoms with Crippen LogP contribution in [0.15, 0.2) is 24.3 Å². The highest BCUT2D eigenvalue weighted by Crippen LogP contribution is 2.31. The Morgan fingerprint density at radius 2 is 1.88 bits per heavy atom. The van der Waals surface area contributed by atoms with Crippen molar-refractivity contribution in [2.45, 2.75) is 37.5 Å². The monoisotopic (exact) mass is 377 g/mol. The lowest BCUT2D eigenvalue weighted by Gasteiger charge is -2.48. The van der Waals surface area contributed by atoms with Gasteiger partial charge in [-0.25, -0.2) is 0 Å². The molecule has 0 spiro atoms. The summed E-state index contributed by atoms with van der Waals surface area (Å²) in [5, 5.41) is 3.40. The summed E-state index contributed by atoms with van der Waals surface area (Å²) in [6.45, 7) is 3.64. The van der Waals surface area contributed by atoms with Crippen LogP contribution >= 0.6 is 11.6 Å². The first-order valence-electron chi connectivity index (χ1n) is 9.32. The maximum Gasteiger partial charge on any atom is 0.254 e. The molecule has 3 fully saturated rings. The van der Waals surface area contributed by atoms with E-state index in [1.807, 2.05) is 23.1 Å². The maximum atomic E-state index is 13.0. The van der Waals surface area contributed by atoms with Crippen molar-refractivity contribution in [1.82, 2.24) is 15.1 Å². The molecule has 0 saturated carbocycles. The Balaban J connectivity index is 1.44. The molecule has 0 aliphatic carbocycles. The van der Waals surface area contributed by atoms with Crippen molar-refractivity contribution in [2.75, 3.05) is 32.8 Å². The van der Waals surface area contributed by atoms with E-state index in [0.29, 0.717) is 16.6 Å². The van der Waals surface area contributed by atoms with E-state index in [1.165, 1.54) is 19.3 Å². The molecule has 3 aliphatic heterocycles. The molecule has 0 bridgehead atoms. The van der Waals surface area contributed by atoms with Gasteiger partial charge in [-0.15, -0.1) is 0 Å². The second-order valence-corrected chi connectivity index (χ2v) is 7.70. The standard InChI is InChI=1S/C19H24ClN3O3/c20-15-7-3-2-6-14(15)17-18(26-12-16(24)21-17)19(25)23-10-13(11-23)22-8-4-1-5-9-22/h2-3,6-7,13,17-18H,1,4-5,8-12H2,(H,21,24)/t17-,18+/m1/s1. The van der Waals surface area contributed by atoms with Crippen molar-refractivity contribution in [3.8, 4) is 0 Å². The van der Waals surface area contributed by atoms with Crippen LogP contribution in [0.25, 0.3) is 0 Å². The van der Waals surface area contributed by atoms with Gasteiger partial charge >= 0.3 is 0 Å². The minimum atomic E-state index is -0.727. The highest BCUT2D eigenvalue weighted by molar-refractivity contribution is 6.31. The number of hydrogen-bond acceptors (Lipinski definition) is 4. The lowest BCUT2D eigenvalue weighted by molar-refractivity contribution is -0.161. The molecular weight excluding hydrogens is 354 g/mol. The summed E-state index contributed by atoms with van der Waals surface area (Å²) in [6, 6.07) is 7.17. The third kappa shape index (κ3) is 3.46. The van der Waals surface area contributed by atoms with Crippen LogP contribution in [0.3, 0.4) is 0 Å². The zero-order chi connectivity index (χ0) is 18.1. The summed E-state index contributed by atoms with van der Waals surface area (Å²) >= 11 is 6.29. The largest absolute Gasteiger partial charge is 0.356 e. The van der Waals surface area contributed by atoms with Gasteiger partial charge in [-0.2, -0.15) is 0 Å². The summed E-state index contributed by atoms with van der Waals surface area (Å²) < 4.78 is 5.64. The van der Waals surface area contributed by atoms with Crippen molar-refractivity contribution in [3.63, 3.8) is 0 Å². The number of likely N-dealkylation sites (tertiary alicyclic amines) is 2. The first-order valence-corrected chi connectivity index (χ1v) is 9.69. The molecule has 3 saturated heterocycles. The first kappa shape index (κ1) is 17.8. The Morgan fingerprint density at radius 3 is 2.62 bits per heavy atom. The Kier molecular flexibility index (Phi) is 5.16. The number of rotatable bonds is 3. The molecule has 0 radical (unpaired) electrons. The molecule has 1 aromatic carbocycles. The van der Waals surface area contributed by atoms with E-state index in [2.05, 4.69) is 10.2 Å². The van der Waals surface area contributed by atoms with E-state index in [9.17, 15) is 9.59 Å². The number of benzene rings is 1. The zero-order valence-corrected chi connectivity index (χ0v) is 15.5. The molecule has 26 heavy (non-hydrogen) atoms. The molecule has 3 aliphatic rings. The number of piperidine rings is 1. The van der Waals surface area contributed by atoms with Gasteiger partial charge in [0.05, 0.1) is 6.04 Å². The van der Waals surface area contributed by atoms with Gasteiger partial charge in [0.25, 0.3) is 5.91 Å². The Hall–Kier alpha value is -1.63. The molecular formula is C19H24ClN3O3. The average molecular weight is 378 g/mol. The average Bonchev–Trinajstić information content (AvgIpc) is 2.61. The predicted octanol–water partition coefficient (Wildman–Crippen LogP) is 1.59. The van der Waals surface area contributed by atoms with Gasteiger partial charge in [-0.1, -0.05) is 36.2 Å². The molecule has 4 rings (SSSR count). The minimum Gasteiger partial charge on any atom is -0.356 e. The number of nitrogens with zero attached hydrogens (tertiary/aromatic N) is 2. The number of nitrogens with one attached hydrogen (secondary N) is 1. The van der Waals surface area contributed by atoms with Crippen molar-refractivity contribution < 1.29 is 14.3 Å². The summed E-state index contributed by atoms with van der Waals surface area (Å²) in [6.07, 6.45) is 3.07. The highest BCUT2D eigenvalue weighted by atomic mass is 35.5. The van der Waals surface area contributed by atoms with E-state index in [0.717, 1.165) is 26.2 Å². The topological polar surface area (TPSA) is 61.9 Å². The van der Waals surface area contributed by atoms with Gasteiger partial charge in [-0.05, 0) is 37.6 Å².